The van der Waals surface area contributed by atoms with E-state index in [4.69, 9.17) is 5.11 Å². The summed E-state index contributed by atoms with van der Waals surface area (Å²) in [7, 11) is 0. The van der Waals surface area contributed by atoms with Crippen LogP contribution in [0.5, 0.6) is 0 Å². The first-order valence-corrected chi connectivity index (χ1v) is 5.77. The molecule has 0 aliphatic heterocycles. The molecule has 98 valence electrons. The van der Waals surface area contributed by atoms with Gasteiger partial charge in [0.05, 0.1) is 0 Å². The molecule has 0 radical (unpaired) electrons. The van der Waals surface area contributed by atoms with E-state index < -0.39 is 5.97 Å². The van der Waals surface area contributed by atoms with Crippen molar-refractivity contribution >= 4 is 11.9 Å². The number of carboxylic acids is 1. The average Bonchev–Trinajstić information content (AvgIpc) is 2.25. The lowest BCUT2D eigenvalue weighted by Crippen LogP contribution is -2.36. The molecule has 0 aromatic carbocycles. The first-order chi connectivity index (χ1) is 8.43. The Kier molecular flexibility index (Phi) is 4.76. The number of hydrogen-bond acceptors (Lipinski definition) is 4. The van der Waals surface area contributed by atoms with Crippen molar-refractivity contribution in [2.45, 2.75) is 27.2 Å². The van der Waals surface area contributed by atoms with E-state index in [-0.39, 0.29) is 18.1 Å². The van der Waals surface area contributed by atoms with Crippen molar-refractivity contribution in [2.24, 2.45) is 0 Å². The maximum Gasteiger partial charge on any atom is 0.323 e. The van der Waals surface area contributed by atoms with Crippen LogP contribution in [0.3, 0.4) is 0 Å². The number of carbonyl (C=O) groups excluding carboxylic acids is 1. The first kappa shape index (κ1) is 14.1. The minimum absolute atomic E-state index is 0.245. The van der Waals surface area contributed by atoms with Gasteiger partial charge in [0.2, 0.25) is 0 Å². The van der Waals surface area contributed by atoms with E-state index in [0.29, 0.717) is 24.5 Å². The molecule has 1 aromatic rings. The topological polar surface area (TPSA) is 83.4 Å². The number of aliphatic carboxylic acids is 1. The Morgan fingerprint density at radius 3 is 2.50 bits per heavy atom. The number of carboxylic acid groups (broad SMARTS) is 1. The number of rotatable bonds is 5. The summed E-state index contributed by atoms with van der Waals surface area (Å²) in [6, 6.07) is 1.57. The van der Waals surface area contributed by atoms with Crippen molar-refractivity contribution < 1.29 is 14.7 Å². The fourth-order valence-electron chi connectivity index (χ4n) is 1.67. The Balaban J connectivity index is 2.97. The van der Waals surface area contributed by atoms with Crippen LogP contribution in [0, 0.1) is 13.8 Å². The molecular formula is C12H17N3O3. The smallest absolute Gasteiger partial charge is 0.323 e. The molecule has 0 aliphatic carbocycles. The van der Waals surface area contributed by atoms with Gasteiger partial charge in [0.15, 0.2) is 0 Å². The zero-order valence-corrected chi connectivity index (χ0v) is 10.8. The number of aromatic nitrogens is 2. The van der Waals surface area contributed by atoms with Crippen molar-refractivity contribution in [3.8, 4) is 0 Å². The highest BCUT2D eigenvalue weighted by Gasteiger charge is 2.19. The third-order valence-corrected chi connectivity index (χ3v) is 2.29. The minimum Gasteiger partial charge on any atom is -0.480 e. The van der Waals surface area contributed by atoms with E-state index in [1.54, 1.807) is 19.9 Å². The highest BCUT2D eigenvalue weighted by Crippen LogP contribution is 2.05. The molecule has 1 heterocycles. The Morgan fingerprint density at radius 1 is 1.33 bits per heavy atom. The predicted octanol–water partition coefficient (Wildman–Crippen LogP) is 1.03. The molecule has 0 unspecified atom stereocenters. The van der Waals surface area contributed by atoms with Gasteiger partial charge in [-0.05, 0) is 26.3 Å². The Labute approximate surface area is 106 Å². The lowest BCUT2D eigenvalue weighted by molar-refractivity contribution is -0.137. The molecule has 1 amide bonds. The standard InChI is InChI=1S/C12H17N3O3/c1-4-5-15(7-11(16)17)12(18)10-6-8(2)13-9(3)14-10/h6H,4-5,7H2,1-3H3,(H,16,17). The van der Waals surface area contributed by atoms with Gasteiger partial charge in [-0.1, -0.05) is 6.92 Å². The van der Waals surface area contributed by atoms with Crippen molar-refractivity contribution in [2.75, 3.05) is 13.1 Å². The second-order valence-corrected chi connectivity index (χ2v) is 4.06. The van der Waals surface area contributed by atoms with E-state index in [1.165, 1.54) is 4.90 Å². The molecule has 0 spiro atoms. The van der Waals surface area contributed by atoms with Crippen LogP contribution in [0.1, 0.15) is 35.4 Å². The number of carbonyl (C=O) groups is 2. The van der Waals surface area contributed by atoms with Crippen LogP contribution in [-0.4, -0.2) is 44.9 Å². The molecule has 6 heteroatoms. The average molecular weight is 251 g/mol. The van der Waals surface area contributed by atoms with Gasteiger partial charge < -0.3 is 10.0 Å². The van der Waals surface area contributed by atoms with E-state index in [9.17, 15) is 9.59 Å². The molecule has 1 aromatic heterocycles. The minimum atomic E-state index is -1.03. The number of hydrogen-bond donors (Lipinski definition) is 1. The zero-order valence-electron chi connectivity index (χ0n) is 10.8. The first-order valence-electron chi connectivity index (χ1n) is 5.77. The predicted molar refractivity (Wildman–Crippen MR) is 65.3 cm³/mol. The van der Waals surface area contributed by atoms with Gasteiger partial charge in [0.25, 0.3) is 5.91 Å². The summed E-state index contributed by atoms with van der Waals surface area (Å²) in [5.74, 6) is -0.891. The second kappa shape index (κ2) is 6.09. The van der Waals surface area contributed by atoms with Gasteiger partial charge in [-0.15, -0.1) is 0 Å². The summed E-state index contributed by atoms with van der Waals surface area (Å²) in [6.45, 7) is 5.44. The van der Waals surface area contributed by atoms with E-state index >= 15 is 0 Å². The molecule has 1 N–H and O–H groups in total. The van der Waals surface area contributed by atoms with Crippen LogP contribution in [0.25, 0.3) is 0 Å². The SMILES string of the molecule is CCCN(CC(=O)O)C(=O)c1cc(C)nc(C)n1. The van der Waals surface area contributed by atoms with Crippen molar-refractivity contribution in [1.82, 2.24) is 14.9 Å². The number of amides is 1. The lowest BCUT2D eigenvalue weighted by atomic mass is 10.2. The van der Waals surface area contributed by atoms with Crippen molar-refractivity contribution in [1.29, 1.82) is 0 Å². The third kappa shape index (κ3) is 3.80. The van der Waals surface area contributed by atoms with Crippen molar-refractivity contribution in [3.05, 3.63) is 23.3 Å². The summed E-state index contributed by atoms with van der Waals surface area (Å²) in [5.41, 5.74) is 0.937. The summed E-state index contributed by atoms with van der Waals surface area (Å²) in [6.07, 6.45) is 0.696. The lowest BCUT2D eigenvalue weighted by Gasteiger charge is -2.19. The van der Waals surface area contributed by atoms with Crippen LogP contribution in [0.15, 0.2) is 6.07 Å². The van der Waals surface area contributed by atoms with Gasteiger partial charge in [-0.25, -0.2) is 9.97 Å². The number of nitrogens with zero attached hydrogens (tertiary/aromatic N) is 3. The molecule has 0 saturated carbocycles. The Hall–Kier alpha value is -1.98. The molecule has 0 bridgehead atoms. The molecule has 0 fully saturated rings. The maximum atomic E-state index is 12.1. The largest absolute Gasteiger partial charge is 0.480 e. The summed E-state index contributed by atoms with van der Waals surface area (Å²) < 4.78 is 0. The van der Waals surface area contributed by atoms with Gasteiger partial charge in [-0.3, -0.25) is 9.59 Å². The fourth-order valence-corrected chi connectivity index (χ4v) is 1.67. The summed E-state index contributed by atoms with van der Waals surface area (Å²) in [5, 5.41) is 8.79. The zero-order chi connectivity index (χ0) is 13.7. The Bertz CT molecular complexity index is 440. The molecule has 1 rings (SSSR count). The number of aryl methyl sites for hydroxylation is 2. The second-order valence-electron chi connectivity index (χ2n) is 4.06. The van der Waals surface area contributed by atoms with Gasteiger partial charge in [0, 0.05) is 12.2 Å². The Morgan fingerprint density at radius 2 is 2.00 bits per heavy atom. The molecule has 6 nitrogen and oxygen atoms in total. The quantitative estimate of drug-likeness (QED) is 0.845. The highest BCUT2D eigenvalue weighted by atomic mass is 16.4. The summed E-state index contributed by atoms with van der Waals surface area (Å²) >= 11 is 0. The van der Waals surface area contributed by atoms with Gasteiger partial charge in [0.1, 0.15) is 18.1 Å². The fraction of sp³-hybridized carbons (Fsp3) is 0.500. The van der Waals surface area contributed by atoms with Crippen molar-refractivity contribution in [3.63, 3.8) is 0 Å². The highest BCUT2D eigenvalue weighted by molar-refractivity contribution is 5.94. The molecule has 0 atom stereocenters. The van der Waals surface area contributed by atoms with E-state index in [1.807, 2.05) is 6.92 Å². The summed E-state index contributed by atoms with van der Waals surface area (Å²) in [4.78, 5) is 32.3. The van der Waals surface area contributed by atoms with Crippen LogP contribution in [-0.2, 0) is 4.79 Å². The molecular weight excluding hydrogens is 234 g/mol. The third-order valence-electron chi connectivity index (χ3n) is 2.29. The normalized spacial score (nSPS) is 10.2. The molecule has 18 heavy (non-hydrogen) atoms. The van der Waals surface area contributed by atoms with Crippen LogP contribution in [0.2, 0.25) is 0 Å². The van der Waals surface area contributed by atoms with Crippen LogP contribution >= 0.6 is 0 Å². The van der Waals surface area contributed by atoms with Crippen LogP contribution in [0.4, 0.5) is 0 Å². The molecule has 0 aliphatic rings. The van der Waals surface area contributed by atoms with Crippen LogP contribution < -0.4 is 0 Å². The molecule has 0 saturated heterocycles. The van der Waals surface area contributed by atoms with Gasteiger partial charge >= 0.3 is 5.97 Å². The van der Waals surface area contributed by atoms with E-state index in [0.717, 1.165) is 0 Å². The van der Waals surface area contributed by atoms with E-state index in [2.05, 4.69) is 9.97 Å². The monoisotopic (exact) mass is 251 g/mol. The maximum absolute atomic E-state index is 12.1. The van der Waals surface area contributed by atoms with Gasteiger partial charge in [-0.2, -0.15) is 0 Å².